The van der Waals surface area contributed by atoms with Gasteiger partial charge in [-0.15, -0.1) is 26.3 Å². The molecule has 4 aliphatic heterocycles. The summed E-state index contributed by atoms with van der Waals surface area (Å²) in [5.41, 5.74) is -6.42. The van der Waals surface area contributed by atoms with Gasteiger partial charge in [-0.2, -0.15) is 0 Å². The molecule has 0 aliphatic carbocycles. The third kappa shape index (κ3) is 13.4. The number of allylic oxidation sites excluding steroid dienone is 2. The molecule has 63 heavy (non-hydrogen) atoms. The zero-order valence-corrected chi connectivity index (χ0v) is 33.8. The fourth-order valence-corrected chi connectivity index (χ4v) is 5.18. The van der Waals surface area contributed by atoms with E-state index in [-0.39, 0.29) is 82.1 Å². The Morgan fingerprint density at radius 2 is 0.937 bits per heavy atom. The van der Waals surface area contributed by atoms with Gasteiger partial charge in [0.1, 0.15) is 0 Å². The molecule has 4 saturated heterocycles. The SMILES string of the molecule is C.C=C.C=C1CC(=O)NC(=O)N1.C=CCn1c(=O)n(C)c(=O)n(CC=C)c1=O.Cn1c(=O)n(O)c(=O)n(CCO)c1=O.O=c1n(CC2CO2)c(=O)n(CC2CO2)c(=O)n1CC1CO1. The van der Waals surface area contributed by atoms with Gasteiger partial charge in [0.25, 0.3) is 0 Å². The van der Waals surface area contributed by atoms with Crippen molar-refractivity contribution < 1.29 is 34.1 Å². The van der Waals surface area contributed by atoms with Gasteiger partial charge < -0.3 is 29.8 Å². The lowest BCUT2D eigenvalue weighted by Crippen LogP contribution is -2.55. The van der Waals surface area contributed by atoms with Gasteiger partial charge in [-0.1, -0.05) is 30.9 Å². The molecule has 7 rings (SSSR count). The molecule has 4 N–H and O–H groups in total. The van der Waals surface area contributed by atoms with Crippen LogP contribution in [0.4, 0.5) is 4.79 Å². The molecule has 0 aromatic carbocycles. The van der Waals surface area contributed by atoms with Gasteiger partial charge in [-0.25, -0.2) is 84.5 Å². The van der Waals surface area contributed by atoms with Crippen molar-refractivity contribution in [3.8, 4) is 0 Å². The van der Waals surface area contributed by atoms with Gasteiger partial charge in [0.2, 0.25) is 5.91 Å². The fraction of sp³-hybridized carbons (Fsp3) is 0.472. The number of imide groups is 1. The summed E-state index contributed by atoms with van der Waals surface area (Å²) in [7, 11) is 2.44. The highest BCUT2D eigenvalue weighted by Crippen LogP contribution is 2.12. The summed E-state index contributed by atoms with van der Waals surface area (Å²) in [5, 5.41) is 21.9. The number of carbonyl (C=O) groups is 2. The second-order valence-electron chi connectivity index (χ2n) is 13.1. The first-order chi connectivity index (χ1) is 29.4. The minimum absolute atomic E-state index is 0. The Morgan fingerprint density at radius 3 is 1.25 bits per heavy atom. The van der Waals surface area contributed by atoms with Crippen molar-refractivity contribution in [2.45, 2.75) is 71.4 Å². The number of ether oxygens (including phenoxy) is 3. The first-order valence-electron chi connectivity index (χ1n) is 18.3. The number of rotatable bonds is 12. The number of urea groups is 1. The Kier molecular flexibility index (Phi) is 19.0. The zero-order valence-electron chi connectivity index (χ0n) is 33.8. The van der Waals surface area contributed by atoms with Crippen LogP contribution in [-0.4, -0.2) is 108 Å². The van der Waals surface area contributed by atoms with Crippen LogP contribution in [0, 0.1) is 0 Å². The van der Waals surface area contributed by atoms with E-state index in [9.17, 15) is 52.7 Å². The standard InChI is InChI=1S/C12H15N3O6.C10H13N3O3.C6H9N3O5.C5H6N2O2.C2H4.CH4/c16-10-13(1-7-4-19-7)11(17)15(3-9-6-21-9)12(18)14(10)2-8-5-20-8;1-4-6-12-8(14)11(3)9(15)13(7-5-2)10(12)16;1-7-4(11)8(2-3-10)6(13)9(14)5(7)12;1-3-2-4(8)7-5(9)6-3;1-2;/h7-9H,1-6H2;4-5H,1-2,6-7H2,3H3;10,14H,2-3H2,1H3;1-2H2,(H2,6,7,8,9);1-2H2;1H4. The van der Waals surface area contributed by atoms with Crippen LogP contribution in [0.15, 0.2) is 93.9 Å². The molecular weight excluding hydrogens is 842 g/mol. The third-order valence-corrected chi connectivity index (χ3v) is 8.51. The number of carbonyl (C=O) groups excluding carboxylic acids is 2. The van der Waals surface area contributed by atoms with E-state index in [1.54, 1.807) is 0 Å². The quantitative estimate of drug-likeness (QED) is 0.0749. The Morgan fingerprint density at radius 1 is 0.587 bits per heavy atom. The van der Waals surface area contributed by atoms with Crippen LogP contribution in [0.2, 0.25) is 0 Å². The summed E-state index contributed by atoms with van der Waals surface area (Å²) in [4.78, 5) is 126. The molecule has 3 unspecified atom stereocenters. The van der Waals surface area contributed by atoms with Gasteiger partial charge in [0, 0.05) is 19.8 Å². The number of aliphatic hydroxyl groups excluding tert-OH is 1. The Bertz CT molecular complexity index is 2480. The van der Waals surface area contributed by atoms with Crippen molar-refractivity contribution in [3.05, 3.63) is 145 Å². The van der Waals surface area contributed by atoms with Crippen LogP contribution >= 0.6 is 0 Å². The molecule has 0 spiro atoms. The van der Waals surface area contributed by atoms with Gasteiger partial charge in [-0.3, -0.25) is 10.1 Å². The lowest BCUT2D eigenvalue weighted by molar-refractivity contribution is -0.119. The van der Waals surface area contributed by atoms with E-state index in [1.165, 1.54) is 19.2 Å². The van der Waals surface area contributed by atoms with Crippen molar-refractivity contribution in [3.63, 3.8) is 0 Å². The molecule has 3 aromatic rings. The molecule has 27 nitrogen and oxygen atoms in total. The molecule has 3 atom stereocenters. The summed E-state index contributed by atoms with van der Waals surface area (Å²) in [6, 6.07) is -0.490. The number of hydrogen-bond acceptors (Lipinski definition) is 16. The van der Waals surface area contributed by atoms with Crippen LogP contribution in [0.25, 0.3) is 0 Å². The normalized spacial score (nSPS) is 17.4. The van der Waals surface area contributed by atoms with Crippen LogP contribution in [-0.2, 0) is 72.4 Å². The van der Waals surface area contributed by atoms with Crippen LogP contribution in [0.5, 0.6) is 0 Å². The van der Waals surface area contributed by atoms with Crippen LogP contribution < -0.4 is 61.8 Å². The second-order valence-corrected chi connectivity index (χ2v) is 13.1. The summed E-state index contributed by atoms with van der Waals surface area (Å²) >= 11 is 0. The zero-order chi connectivity index (χ0) is 46.6. The number of aliphatic hydroxyl groups is 1. The molecule has 3 aromatic heterocycles. The van der Waals surface area contributed by atoms with E-state index in [1.807, 2.05) is 0 Å². The van der Waals surface area contributed by atoms with E-state index in [4.69, 9.17) is 24.5 Å². The molecule has 4 fully saturated rings. The summed E-state index contributed by atoms with van der Waals surface area (Å²) in [5.74, 6) is -0.302. The van der Waals surface area contributed by atoms with E-state index >= 15 is 0 Å². The topological polar surface area (TPSA) is 334 Å². The summed E-state index contributed by atoms with van der Waals surface area (Å²) in [6.07, 6.45) is 2.67. The lowest BCUT2D eigenvalue weighted by atomic mass is 10.3. The smallest absolute Gasteiger partial charge is 0.369 e. The molecule has 4 aliphatic rings. The maximum absolute atomic E-state index is 12.4. The molecule has 0 saturated carbocycles. The summed E-state index contributed by atoms with van der Waals surface area (Å²) in [6.45, 7) is 17.9. The number of aromatic nitrogens is 9. The Hall–Kier alpha value is -7.23. The third-order valence-electron chi connectivity index (χ3n) is 8.51. The Balaban J connectivity index is 0.000000295. The van der Waals surface area contributed by atoms with Gasteiger partial charge >= 0.3 is 57.2 Å². The van der Waals surface area contributed by atoms with E-state index in [0.29, 0.717) is 34.7 Å². The maximum Gasteiger partial charge on any atom is 0.369 e. The van der Waals surface area contributed by atoms with Crippen molar-refractivity contribution in [2.75, 3.05) is 26.4 Å². The molecule has 7 heterocycles. The number of hydrogen-bond donors (Lipinski definition) is 4. The average molecular weight is 894 g/mol. The van der Waals surface area contributed by atoms with E-state index in [2.05, 4.69) is 43.5 Å². The molecular formula is C36H51N11O16. The minimum Gasteiger partial charge on any atom is -0.420 e. The highest BCUT2D eigenvalue weighted by molar-refractivity contribution is 5.99. The fourth-order valence-electron chi connectivity index (χ4n) is 5.18. The number of nitrogens with one attached hydrogen (secondary N) is 2. The van der Waals surface area contributed by atoms with Crippen molar-refractivity contribution in [1.29, 1.82) is 0 Å². The van der Waals surface area contributed by atoms with Crippen molar-refractivity contribution in [2.24, 2.45) is 14.1 Å². The van der Waals surface area contributed by atoms with Gasteiger partial charge in [0.05, 0.1) is 90.4 Å². The number of nitrogens with zero attached hydrogens (tertiary/aromatic N) is 9. The van der Waals surface area contributed by atoms with E-state index in [0.717, 1.165) is 34.5 Å². The van der Waals surface area contributed by atoms with Gasteiger partial charge in [0.15, 0.2) is 0 Å². The maximum atomic E-state index is 12.4. The van der Waals surface area contributed by atoms with Gasteiger partial charge in [-0.05, 0) is 0 Å². The summed E-state index contributed by atoms with van der Waals surface area (Å²) < 4.78 is 22.2. The van der Waals surface area contributed by atoms with Crippen LogP contribution in [0.3, 0.4) is 0 Å². The van der Waals surface area contributed by atoms with Crippen LogP contribution in [0.1, 0.15) is 13.8 Å². The molecule has 27 heteroatoms. The monoisotopic (exact) mass is 893 g/mol. The predicted molar refractivity (Wildman–Crippen MR) is 222 cm³/mol. The van der Waals surface area contributed by atoms with Crippen molar-refractivity contribution in [1.82, 2.24) is 51.9 Å². The first-order valence-corrected chi connectivity index (χ1v) is 18.3. The Labute approximate surface area is 354 Å². The average Bonchev–Trinajstić information content (AvgIpc) is 4.08. The molecule has 0 bridgehead atoms. The van der Waals surface area contributed by atoms with Crippen molar-refractivity contribution >= 4 is 11.9 Å². The second kappa shape index (κ2) is 23.1. The molecule has 0 radical (unpaired) electrons. The first kappa shape index (κ1) is 51.9. The molecule has 346 valence electrons. The highest BCUT2D eigenvalue weighted by Gasteiger charge is 2.31. The number of epoxide rings is 3. The largest absolute Gasteiger partial charge is 0.420 e. The highest BCUT2D eigenvalue weighted by atomic mass is 16.6. The number of amides is 3. The lowest BCUT2D eigenvalue weighted by Gasteiger charge is -2.13. The predicted octanol–water partition coefficient (Wildman–Crippen LogP) is -5.45. The minimum atomic E-state index is -1.16. The van der Waals surface area contributed by atoms with E-state index < -0.39 is 63.8 Å². The molecule has 3 amide bonds.